The summed E-state index contributed by atoms with van der Waals surface area (Å²) in [6, 6.07) is 12.0. The minimum atomic E-state index is -0.955. The number of rotatable bonds is 2. The Bertz CT molecular complexity index is 675. The molecule has 0 amide bonds. The molecule has 0 saturated heterocycles. The average molecular weight is 268 g/mol. The topological polar surface area (TPSA) is 76.3 Å². The van der Waals surface area contributed by atoms with Gasteiger partial charge in [0.15, 0.2) is 0 Å². The number of hydrogen-bond acceptors (Lipinski definition) is 5. The Labute approximate surface area is 116 Å². The molecule has 3 rings (SSSR count). The average Bonchev–Trinajstić information content (AvgIpc) is 2.47. The Morgan fingerprint density at radius 2 is 1.95 bits per heavy atom. The van der Waals surface area contributed by atoms with Gasteiger partial charge in [-0.2, -0.15) is 5.10 Å². The van der Waals surface area contributed by atoms with E-state index >= 15 is 0 Å². The zero-order chi connectivity index (χ0) is 14.1. The summed E-state index contributed by atoms with van der Waals surface area (Å²) < 4.78 is 0. The van der Waals surface area contributed by atoms with Crippen LogP contribution in [0.4, 0.5) is 5.69 Å². The first-order chi connectivity index (χ1) is 9.70. The lowest BCUT2D eigenvalue weighted by molar-refractivity contribution is 0.282. The highest BCUT2D eigenvalue weighted by Crippen LogP contribution is 2.23. The maximum atomic E-state index is 10.4. The quantitative estimate of drug-likeness (QED) is 0.690. The van der Waals surface area contributed by atoms with Crippen molar-refractivity contribution in [2.45, 2.75) is 6.61 Å². The van der Waals surface area contributed by atoms with Gasteiger partial charge in [0.05, 0.1) is 18.5 Å². The van der Waals surface area contributed by atoms with Crippen LogP contribution in [0.2, 0.25) is 0 Å². The van der Waals surface area contributed by atoms with Crippen molar-refractivity contribution >= 4 is 24.4 Å². The van der Waals surface area contributed by atoms with Crippen LogP contribution >= 0.6 is 0 Å². The first-order valence-corrected chi connectivity index (χ1v) is 6.23. The highest BCUT2D eigenvalue weighted by atomic mass is 16.3. The Kier molecular flexibility index (Phi) is 3.18. The predicted octanol–water partition coefficient (Wildman–Crippen LogP) is 0.426. The minimum absolute atomic E-state index is 0.128. The molecule has 0 spiro atoms. The molecule has 0 saturated carbocycles. The SMILES string of the molecule is OCc1ccccc1N1N=Cc2cc(O)ccc2B1O. The first-order valence-electron chi connectivity index (χ1n) is 6.23. The number of benzene rings is 2. The van der Waals surface area contributed by atoms with E-state index in [9.17, 15) is 15.2 Å². The fraction of sp³-hybridized carbons (Fsp3) is 0.0714. The number of phenolic OH excluding ortho intramolecular Hbond substituents is 1. The van der Waals surface area contributed by atoms with Gasteiger partial charge in [-0.3, -0.25) is 4.92 Å². The normalized spacial score (nSPS) is 13.5. The fourth-order valence-electron chi connectivity index (χ4n) is 2.29. The number of nitrogens with zero attached hydrogens (tertiary/aromatic N) is 2. The summed E-state index contributed by atoms with van der Waals surface area (Å²) in [4.78, 5) is 1.45. The molecular formula is C14H13BN2O3. The molecule has 2 aromatic carbocycles. The van der Waals surface area contributed by atoms with Crippen molar-refractivity contribution in [2.75, 3.05) is 4.92 Å². The lowest BCUT2D eigenvalue weighted by Gasteiger charge is -2.28. The van der Waals surface area contributed by atoms with Crippen molar-refractivity contribution in [3.8, 4) is 5.75 Å². The molecule has 0 atom stereocenters. The number of fused-ring (bicyclic) bond motifs is 1. The van der Waals surface area contributed by atoms with Gasteiger partial charge in [0.25, 0.3) is 0 Å². The molecule has 0 fully saturated rings. The van der Waals surface area contributed by atoms with E-state index in [0.717, 1.165) is 0 Å². The number of hydrazone groups is 1. The minimum Gasteiger partial charge on any atom is -0.508 e. The number of aliphatic hydroxyl groups is 1. The maximum Gasteiger partial charge on any atom is 0.471 e. The van der Waals surface area contributed by atoms with E-state index in [0.29, 0.717) is 22.3 Å². The van der Waals surface area contributed by atoms with Crippen LogP contribution in [0.3, 0.4) is 0 Å². The molecule has 1 aliphatic heterocycles. The second-order valence-electron chi connectivity index (χ2n) is 4.56. The molecule has 0 unspecified atom stereocenters. The van der Waals surface area contributed by atoms with Gasteiger partial charge in [-0.15, -0.1) is 0 Å². The van der Waals surface area contributed by atoms with Gasteiger partial charge in [0.1, 0.15) is 5.75 Å². The summed E-state index contributed by atoms with van der Waals surface area (Å²) in [6.07, 6.45) is 1.58. The van der Waals surface area contributed by atoms with Crippen molar-refractivity contribution in [3.05, 3.63) is 53.6 Å². The van der Waals surface area contributed by atoms with Crippen molar-refractivity contribution in [3.63, 3.8) is 0 Å². The van der Waals surface area contributed by atoms with Crippen molar-refractivity contribution in [1.82, 2.24) is 0 Å². The largest absolute Gasteiger partial charge is 0.508 e. The van der Waals surface area contributed by atoms with Gasteiger partial charge in [0, 0.05) is 5.56 Å². The second-order valence-corrected chi connectivity index (χ2v) is 4.56. The molecule has 20 heavy (non-hydrogen) atoms. The van der Waals surface area contributed by atoms with E-state index in [2.05, 4.69) is 5.10 Å². The van der Waals surface area contributed by atoms with Crippen molar-refractivity contribution < 1.29 is 15.2 Å². The van der Waals surface area contributed by atoms with Crippen molar-refractivity contribution in [2.24, 2.45) is 5.10 Å². The molecule has 5 nitrogen and oxygen atoms in total. The smallest absolute Gasteiger partial charge is 0.471 e. The number of aromatic hydroxyl groups is 1. The van der Waals surface area contributed by atoms with Crippen LogP contribution in [0, 0.1) is 0 Å². The summed E-state index contributed by atoms with van der Waals surface area (Å²) in [6.45, 7) is -0.128. The van der Waals surface area contributed by atoms with E-state index in [4.69, 9.17) is 0 Å². The van der Waals surface area contributed by atoms with Crippen LogP contribution in [-0.2, 0) is 6.61 Å². The fourth-order valence-corrected chi connectivity index (χ4v) is 2.29. The third-order valence-electron chi connectivity index (χ3n) is 3.31. The number of para-hydroxylation sites is 1. The van der Waals surface area contributed by atoms with Crippen LogP contribution in [0.5, 0.6) is 5.75 Å². The summed E-state index contributed by atoms with van der Waals surface area (Å²) in [5, 5.41) is 33.5. The van der Waals surface area contributed by atoms with E-state index in [-0.39, 0.29) is 12.4 Å². The summed E-state index contributed by atoms with van der Waals surface area (Å²) >= 11 is 0. The number of aliphatic hydroxyl groups excluding tert-OH is 1. The van der Waals surface area contributed by atoms with Gasteiger partial charge in [-0.1, -0.05) is 24.3 Å². The van der Waals surface area contributed by atoms with Gasteiger partial charge in [-0.25, -0.2) is 0 Å². The van der Waals surface area contributed by atoms with Gasteiger partial charge in [0.2, 0.25) is 0 Å². The van der Waals surface area contributed by atoms with Crippen molar-refractivity contribution in [1.29, 1.82) is 0 Å². The molecule has 3 N–H and O–H groups in total. The Hall–Kier alpha value is -2.31. The maximum absolute atomic E-state index is 10.4. The molecule has 0 aliphatic carbocycles. The van der Waals surface area contributed by atoms with Gasteiger partial charge in [-0.05, 0) is 29.2 Å². The monoisotopic (exact) mass is 268 g/mol. The Balaban J connectivity index is 2.04. The molecule has 1 heterocycles. The van der Waals surface area contributed by atoms with E-state index in [1.807, 2.05) is 12.1 Å². The standard InChI is InChI=1S/C14H13BN2O3/c18-9-10-3-1-2-4-14(10)17-15(20)13-6-5-12(19)7-11(13)8-16-17/h1-8,18-20H,9H2. The molecule has 0 radical (unpaired) electrons. The summed E-state index contributed by atoms with van der Waals surface area (Å²) in [5.74, 6) is 0.131. The molecule has 6 heteroatoms. The third-order valence-corrected chi connectivity index (χ3v) is 3.31. The number of phenols is 1. The predicted molar refractivity (Wildman–Crippen MR) is 78.2 cm³/mol. The summed E-state index contributed by atoms with van der Waals surface area (Å²) in [5.41, 5.74) is 2.67. The second kappa shape index (κ2) is 4.99. The molecule has 2 aromatic rings. The van der Waals surface area contributed by atoms with Gasteiger partial charge < -0.3 is 15.2 Å². The van der Waals surface area contributed by atoms with E-state index < -0.39 is 7.05 Å². The van der Waals surface area contributed by atoms with Crippen LogP contribution in [0.25, 0.3) is 0 Å². The first kappa shape index (κ1) is 12.7. The van der Waals surface area contributed by atoms with Crippen LogP contribution < -0.4 is 10.4 Å². The lowest BCUT2D eigenvalue weighted by Crippen LogP contribution is -2.50. The van der Waals surface area contributed by atoms with Crippen LogP contribution in [0.15, 0.2) is 47.6 Å². The zero-order valence-electron chi connectivity index (χ0n) is 10.6. The van der Waals surface area contributed by atoms with E-state index in [1.165, 1.54) is 11.0 Å². The third kappa shape index (κ3) is 2.05. The molecule has 1 aliphatic rings. The Morgan fingerprint density at radius 3 is 2.75 bits per heavy atom. The molecule has 0 bridgehead atoms. The van der Waals surface area contributed by atoms with Crippen LogP contribution in [0.1, 0.15) is 11.1 Å². The summed E-state index contributed by atoms with van der Waals surface area (Å²) in [7, 11) is -0.955. The highest BCUT2D eigenvalue weighted by molar-refractivity contribution is 6.71. The lowest BCUT2D eigenvalue weighted by atomic mass is 9.69. The van der Waals surface area contributed by atoms with Gasteiger partial charge >= 0.3 is 7.05 Å². The number of anilines is 1. The molecule has 100 valence electrons. The molecule has 0 aromatic heterocycles. The zero-order valence-corrected chi connectivity index (χ0v) is 10.6. The Morgan fingerprint density at radius 1 is 1.15 bits per heavy atom. The number of hydrogen-bond donors (Lipinski definition) is 3. The highest BCUT2D eigenvalue weighted by Gasteiger charge is 2.31. The van der Waals surface area contributed by atoms with E-state index in [1.54, 1.807) is 30.5 Å². The van der Waals surface area contributed by atoms with Crippen LogP contribution in [-0.4, -0.2) is 28.5 Å². The molecular weight excluding hydrogens is 255 g/mol.